The number of allylic oxidation sites excluding steroid dienone is 1. The van der Waals surface area contributed by atoms with Crippen molar-refractivity contribution in [3.05, 3.63) is 11.3 Å². The minimum absolute atomic E-state index is 0.400. The molecule has 0 bridgehead atoms. The fourth-order valence-electron chi connectivity index (χ4n) is 1.55. The summed E-state index contributed by atoms with van der Waals surface area (Å²) in [5.41, 5.74) is 7.79. The number of hydrogen-bond donors (Lipinski definition) is 2. The highest BCUT2D eigenvalue weighted by molar-refractivity contribution is 5.17. The largest absolute Gasteiger partial charge is 0.400 e. The first-order valence-electron chi connectivity index (χ1n) is 4.41. The number of hydrogen-bond acceptors (Lipinski definition) is 2. The fraction of sp³-hybridized carbons (Fsp3) is 0.778. The lowest BCUT2D eigenvalue weighted by molar-refractivity contribution is 0.203. The maximum Gasteiger partial charge on any atom is 0.0929 e. The smallest absolute Gasteiger partial charge is 0.0929 e. The molecule has 1 aliphatic rings. The van der Waals surface area contributed by atoms with Gasteiger partial charge in [-0.15, -0.1) is 0 Å². The molecule has 0 aromatic heterocycles. The molecular weight excluding hydrogens is 138 g/mol. The van der Waals surface area contributed by atoms with Crippen LogP contribution in [0.15, 0.2) is 11.3 Å². The van der Waals surface area contributed by atoms with E-state index in [0.29, 0.717) is 0 Å². The maximum absolute atomic E-state index is 9.40. The third-order valence-electron chi connectivity index (χ3n) is 2.36. The van der Waals surface area contributed by atoms with Gasteiger partial charge in [-0.3, -0.25) is 0 Å². The molecule has 1 unspecified atom stereocenters. The Kier molecular flexibility index (Phi) is 2.94. The topological polar surface area (TPSA) is 46.2 Å². The van der Waals surface area contributed by atoms with Crippen molar-refractivity contribution in [3.63, 3.8) is 0 Å². The minimum atomic E-state index is -0.400. The molecule has 2 heteroatoms. The van der Waals surface area contributed by atoms with Crippen molar-refractivity contribution in [3.8, 4) is 0 Å². The molecular formula is C9H17NO. The van der Waals surface area contributed by atoms with E-state index in [0.717, 1.165) is 25.0 Å². The third kappa shape index (κ3) is 1.96. The van der Waals surface area contributed by atoms with E-state index in [-0.39, 0.29) is 0 Å². The van der Waals surface area contributed by atoms with E-state index < -0.39 is 6.10 Å². The average Bonchev–Trinajstić information content (AvgIpc) is 2.53. The Hall–Kier alpha value is -0.500. The zero-order valence-corrected chi connectivity index (χ0v) is 7.14. The van der Waals surface area contributed by atoms with E-state index in [1.807, 2.05) is 6.92 Å². The van der Waals surface area contributed by atoms with Gasteiger partial charge in [0, 0.05) is 5.70 Å². The highest BCUT2D eigenvalue weighted by atomic mass is 16.3. The van der Waals surface area contributed by atoms with Gasteiger partial charge in [0.25, 0.3) is 0 Å². The van der Waals surface area contributed by atoms with Crippen LogP contribution in [-0.2, 0) is 0 Å². The van der Waals surface area contributed by atoms with Crippen LogP contribution in [0.25, 0.3) is 0 Å². The van der Waals surface area contributed by atoms with Crippen LogP contribution in [0.4, 0.5) is 0 Å². The zero-order valence-electron chi connectivity index (χ0n) is 7.14. The molecule has 64 valence electrons. The van der Waals surface area contributed by atoms with Crippen LogP contribution in [0.3, 0.4) is 0 Å². The standard InChI is InChI=1S/C9H17NO/c1-2-8(11)9(10)7-5-3-4-6-7/h8,11H,2-6,10H2,1H3. The van der Waals surface area contributed by atoms with Crippen LogP contribution in [-0.4, -0.2) is 11.2 Å². The van der Waals surface area contributed by atoms with Crippen LogP contribution in [0.1, 0.15) is 39.0 Å². The predicted molar refractivity (Wildman–Crippen MR) is 46.0 cm³/mol. The molecule has 1 atom stereocenters. The van der Waals surface area contributed by atoms with Crippen LogP contribution < -0.4 is 5.73 Å². The first kappa shape index (κ1) is 8.60. The lowest BCUT2D eigenvalue weighted by Gasteiger charge is -2.11. The number of aliphatic hydroxyl groups excluding tert-OH is 1. The number of aliphatic hydroxyl groups is 1. The van der Waals surface area contributed by atoms with Crippen LogP contribution in [0.2, 0.25) is 0 Å². The summed E-state index contributed by atoms with van der Waals surface area (Å²) in [6.45, 7) is 1.95. The van der Waals surface area contributed by atoms with Gasteiger partial charge >= 0.3 is 0 Å². The normalized spacial score (nSPS) is 20.4. The highest BCUT2D eigenvalue weighted by Crippen LogP contribution is 2.26. The first-order valence-corrected chi connectivity index (χ1v) is 4.41. The van der Waals surface area contributed by atoms with Gasteiger partial charge in [-0.25, -0.2) is 0 Å². The van der Waals surface area contributed by atoms with E-state index in [4.69, 9.17) is 5.73 Å². The Balaban J connectivity index is 2.61. The van der Waals surface area contributed by atoms with Gasteiger partial charge in [0.15, 0.2) is 0 Å². The molecule has 3 N–H and O–H groups in total. The van der Waals surface area contributed by atoms with E-state index in [2.05, 4.69) is 0 Å². The molecule has 2 nitrogen and oxygen atoms in total. The third-order valence-corrected chi connectivity index (χ3v) is 2.36. The first-order chi connectivity index (χ1) is 5.25. The molecule has 1 fully saturated rings. The van der Waals surface area contributed by atoms with Gasteiger partial charge in [0.1, 0.15) is 0 Å². The quantitative estimate of drug-likeness (QED) is 0.635. The summed E-state index contributed by atoms with van der Waals surface area (Å²) in [5.74, 6) is 0. The Morgan fingerprint density at radius 1 is 1.55 bits per heavy atom. The molecule has 0 heterocycles. The van der Waals surface area contributed by atoms with E-state index >= 15 is 0 Å². The Bertz CT molecular complexity index is 155. The average molecular weight is 155 g/mol. The molecule has 0 saturated heterocycles. The van der Waals surface area contributed by atoms with Crippen molar-refractivity contribution in [2.45, 2.75) is 45.1 Å². The summed E-state index contributed by atoms with van der Waals surface area (Å²) < 4.78 is 0. The molecule has 1 aliphatic carbocycles. The van der Waals surface area contributed by atoms with Crippen molar-refractivity contribution in [1.29, 1.82) is 0 Å². The maximum atomic E-state index is 9.40. The summed E-state index contributed by atoms with van der Waals surface area (Å²) in [7, 11) is 0. The molecule has 0 aliphatic heterocycles. The second kappa shape index (κ2) is 3.77. The Labute approximate surface area is 68.1 Å². The molecule has 0 aromatic rings. The molecule has 0 amide bonds. The van der Waals surface area contributed by atoms with Crippen molar-refractivity contribution in [2.75, 3.05) is 0 Å². The molecule has 0 radical (unpaired) electrons. The number of nitrogens with two attached hydrogens (primary N) is 1. The van der Waals surface area contributed by atoms with Crippen molar-refractivity contribution in [1.82, 2.24) is 0 Å². The summed E-state index contributed by atoms with van der Waals surface area (Å²) >= 11 is 0. The lowest BCUT2D eigenvalue weighted by Crippen LogP contribution is -2.18. The summed E-state index contributed by atoms with van der Waals surface area (Å²) in [4.78, 5) is 0. The lowest BCUT2D eigenvalue weighted by atomic mass is 10.1. The molecule has 0 aromatic carbocycles. The minimum Gasteiger partial charge on any atom is -0.400 e. The van der Waals surface area contributed by atoms with Crippen LogP contribution >= 0.6 is 0 Å². The fourth-order valence-corrected chi connectivity index (χ4v) is 1.55. The SMILES string of the molecule is CCC(O)C(N)=C1CCCC1. The predicted octanol–water partition coefficient (Wildman–Crippen LogP) is 1.54. The van der Waals surface area contributed by atoms with Gasteiger partial charge < -0.3 is 10.8 Å². The van der Waals surface area contributed by atoms with E-state index in [1.54, 1.807) is 0 Å². The van der Waals surface area contributed by atoms with Gasteiger partial charge in [-0.2, -0.15) is 0 Å². The van der Waals surface area contributed by atoms with Crippen LogP contribution in [0, 0.1) is 0 Å². The molecule has 11 heavy (non-hydrogen) atoms. The molecule has 1 rings (SSSR count). The highest BCUT2D eigenvalue weighted by Gasteiger charge is 2.14. The molecule has 0 spiro atoms. The second-order valence-electron chi connectivity index (χ2n) is 3.19. The van der Waals surface area contributed by atoms with Crippen molar-refractivity contribution in [2.24, 2.45) is 5.73 Å². The monoisotopic (exact) mass is 155 g/mol. The summed E-state index contributed by atoms with van der Waals surface area (Å²) in [6.07, 6.45) is 5.02. The zero-order chi connectivity index (χ0) is 8.27. The van der Waals surface area contributed by atoms with E-state index in [9.17, 15) is 5.11 Å². The summed E-state index contributed by atoms with van der Waals surface area (Å²) in [6, 6.07) is 0. The van der Waals surface area contributed by atoms with Gasteiger partial charge in [-0.1, -0.05) is 6.92 Å². The van der Waals surface area contributed by atoms with Gasteiger partial charge in [0.05, 0.1) is 6.10 Å². The number of rotatable bonds is 2. The van der Waals surface area contributed by atoms with Gasteiger partial charge in [0.2, 0.25) is 0 Å². The van der Waals surface area contributed by atoms with Gasteiger partial charge in [-0.05, 0) is 37.7 Å². The van der Waals surface area contributed by atoms with E-state index in [1.165, 1.54) is 18.4 Å². The van der Waals surface area contributed by atoms with Crippen molar-refractivity contribution >= 4 is 0 Å². The Morgan fingerprint density at radius 3 is 2.55 bits per heavy atom. The van der Waals surface area contributed by atoms with Crippen molar-refractivity contribution < 1.29 is 5.11 Å². The Morgan fingerprint density at radius 2 is 2.09 bits per heavy atom. The second-order valence-corrected chi connectivity index (χ2v) is 3.19. The summed E-state index contributed by atoms with van der Waals surface area (Å²) in [5, 5.41) is 9.40. The molecule has 1 saturated carbocycles. The van der Waals surface area contributed by atoms with Crippen LogP contribution in [0.5, 0.6) is 0 Å².